The molecule has 0 bridgehead atoms. The number of nitrogens with one attached hydrogen (secondary N) is 1. The van der Waals surface area contributed by atoms with Gasteiger partial charge in [-0.25, -0.2) is 8.78 Å². The molecule has 1 amide bonds. The second kappa shape index (κ2) is 9.82. The van der Waals surface area contributed by atoms with E-state index < -0.39 is 34.8 Å². The fourth-order valence-corrected chi connectivity index (χ4v) is 3.67. The van der Waals surface area contributed by atoms with Crippen LogP contribution in [0.5, 0.6) is 0 Å². The maximum atomic E-state index is 14.4. The van der Waals surface area contributed by atoms with Crippen molar-refractivity contribution in [3.05, 3.63) is 107 Å². The maximum Gasteiger partial charge on any atom is 0.416 e. The standard InChI is InChI=1S/C25H19F5N2O/c26-21-10-8-18(9-11-21)24(32-23(33)7-4-12-31,16-17-5-2-1-3-6-17)19-13-20(25(28,29)30)15-22(27)14-19/h1-3,5-6,8-11,13-15H,4,7,16H2,(H,32,33)/t24-/m1/s1. The highest BCUT2D eigenvalue weighted by Crippen LogP contribution is 2.38. The Hall–Kier alpha value is -3.73. The van der Waals surface area contributed by atoms with E-state index in [1.165, 1.54) is 12.1 Å². The summed E-state index contributed by atoms with van der Waals surface area (Å²) < 4.78 is 68.6. The molecule has 0 aliphatic carbocycles. The average Bonchev–Trinajstić information content (AvgIpc) is 2.77. The summed E-state index contributed by atoms with van der Waals surface area (Å²) in [6.45, 7) is 0. The van der Waals surface area contributed by atoms with Gasteiger partial charge in [0.15, 0.2) is 0 Å². The van der Waals surface area contributed by atoms with Gasteiger partial charge in [0.2, 0.25) is 5.91 Å². The smallest absolute Gasteiger partial charge is 0.342 e. The molecule has 0 aliphatic heterocycles. The van der Waals surface area contributed by atoms with Gasteiger partial charge in [-0.05, 0) is 47.0 Å². The van der Waals surface area contributed by atoms with Gasteiger partial charge in [0.05, 0.1) is 17.2 Å². The Morgan fingerprint density at radius 1 is 0.848 bits per heavy atom. The first kappa shape index (κ1) is 23.9. The first-order valence-corrected chi connectivity index (χ1v) is 10.0. The van der Waals surface area contributed by atoms with Gasteiger partial charge in [-0.15, -0.1) is 0 Å². The molecule has 0 spiro atoms. The Balaban J connectivity index is 2.28. The van der Waals surface area contributed by atoms with Crippen LogP contribution in [0.25, 0.3) is 0 Å². The van der Waals surface area contributed by atoms with Crippen molar-refractivity contribution in [2.24, 2.45) is 0 Å². The van der Waals surface area contributed by atoms with Crippen molar-refractivity contribution in [1.82, 2.24) is 5.32 Å². The molecule has 170 valence electrons. The van der Waals surface area contributed by atoms with E-state index >= 15 is 0 Å². The number of hydrogen-bond donors (Lipinski definition) is 1. The molecule has 0 fully saturated rings. The van der Waals surface area contributed by atoms with E-state index in [2.05, 4.69) is 5.32 Å². The monoisotopic (exact) mass is 458 g/mol. The highest BCUT2D eigenvalue weighted by atomic mass is 19.4. The fraction of sp³-hybridized carbons (Fsp3) is 0.200. The third-order valence-corrected chi connectivity index (χ3v) is 5.18. The second-order valence-corrected chi connectivity index (χ2v) is 7.51. The van der Waals surface area contributed by atoms with E-state index in [-0.39, 0.29) is 30.4 Å². The zero-order chi connectivity index (χ0) is 24.1. The molecule has 0 saturated heterocycles. The van der Waals surface area contributed by atoms with Crippen LogP contribution < -0.4 is 5.32 Å². The van der Waals surface area contributed by atoms with Gasteiger partial charge >= 0.3 is 6.18 Å². The predicted molar refractivity (Wildman–Crippen MR) is 112 cm³/mol. The van der Waals surface area contributed by atoms with Crippen molar-refractivity contribution in [3.63, 3.8) is 0 Å². The van der Waals surface area contributed by atoms with Gasteiger partial charge in [-0.1, -0.05) is 42.5 Å². The summed E-state index contributed by atoms with van der Waals surface area (Å²) in [6.07, 6.45) is -5.20. The van der Waals surface area contributed by atoms with Crippen LogP contribution in [-0.4, -0.2) is 5.91 Å². The van der Waals surface area contributed by atoms with Crippen molar-refractivity contribution < 1.29 is 26.7 Å². The van der Waals surface area contributed by atoms with Crippen LogP contribution in [0.1, 0.15) is 35.1 Å². The molecule has 8 heteroatoms. The molecule has 1 atom stereocenters. The van der Waals surface area contributed by atoms with Crippen LogP contribution in [-0.2, 0) is 22.9 Å². The van der Waals surface area contributed by atoms with Gasteiger partial charge < -0.3 is 5.32 Å². The van der Waals surface area contributed by atoms with E-state index in [4.69, 9.17) is 5.26 Å². The molecule has 0 saturated carbocycles. The molecule has 0 heterocycles. The zero-order valence-corrected chi connectivity index (χ0v) is 17.3. The molecule has 3 rings (SSSR count). The van der Waals surface area contributed by atoms with E-state index in [0.29, 0.717) is 11.6 Å². The van der Waals surface area contributed by atoms with Crippen molar-refractivity contribution in [3.8, 4) is 6.07 Å². The summed E-state index contributed by atoms with van der Waals surface area (Å²) in [5.41, 5.74) is -2.14. The lowest BCUT2D eigenvalue weighted by Crippen LogP contribution is -2.48. The average molecular weight is 458 g/mol. The molecule has 1 N–H and O–H groups in total. The Kier molecular flexibility index (Phi) is 7.12. The highest BCUT2D eigenvalue weighted by Gasteiger charge is 2.39. The van der Waals surface area contributed by atoms with Gasteiger partial charge in [-0.3, -0.25) is 4.79 Å². The molecule has 0 aromatic heterocycles. The first-order chi connectivity index (χ1) is 15.6. The molecule has 0 aliphatic rings. The normalized spacial score (nSPS) is 13.1. The molecule has 3 nitrogen and oxygen atoms in total. The molecule has 0 radical (unpaired) electrons. The molecule has 33 heavy (non-hydrogen) atoms. The molecule has 0 unspecified atom stereocenters. The lowest BCUT2D eigenvalue weighted by Gasteiger charge is -2.37. The third kappa shape index (κ3) is 5.75. The Morgan fingerprint density at radius 3 is 2.09 bits per heavy atom. The summed E-state index contributed by atoms with van der Waals surface area (Å²) in [5.74, 6) is -2.33. The highest BCUT2D eigenvalue weighted by molar-refractivity contribution is 5.78. The number of hydrogen-bond acceptors (Lipinski definition) is 2. The van der Waals surface area contributed by atoms with E-state index in [1.807, 2.05) is 6.07 Å². The van der Waals surface area contributed by atoms with Gasteiger partial charge in [0.25, 0.3) is 0 Å². The quantitative estimate of drug-likeness (QED) is 0.449. The largest absolute Gasteiger partial charge is 0.416 e. The molecule has 3 aromatic rings. The number of carbonyl (C=O) groups is 1. The lowest BCUT2D eigenvalue weighted by molar-refractivity contribution is -0.137. The number of carbonyl (C=O) groups excluding carboxylic acids is 1. The number of alkyl halides is 3. The number of benzene rings is 3. The van der Waals surface area contributed by atoms with Crippen molar-refractivity contribution in [1.29, 1.82) is 5.26 Å². The molecule has 3 aromatic carbocycles. The van der Waals surface area contributed by atoms with Crippen LogP contribution in [0.3, 0.4) is 0 Å². The predicted octanol–water partition coefficient (Wildman–Crippen LogP) is 5.89. The minimum atomic E-state index is -4.83. The van der Waals surface area contributed by atoms with Gasteiger partial charge in [0.1, 0.15) is 11.6 Å². The number of amides is 1. The fourth-order valence-electron chi connectivity index (χ4n) is 3.67. The number of nitriles is 1. The Morgan fingerprint density at radius 2 is 1.48 bits per heavy atom. The number of nitrogens with zero attached hydrogens (tertiary/aromatic N) is 1. The topological polar surface area (TPSA) is 52.9 Å². The minimum Gasteiger partial charge on any atom is -0.342 e. The van der Waals surface area contributed by atoms with Crippen molar-refractivity contribution in [2.45, 2.75) is 31.0 Å². The summed E-state index contributed by atoms with van der Waals surface area (Å²) in [6, 6.07) is 17.4. The van der Waals surface area contributed by atoms with E-state index in [1.54, 1.807) is 30.3 Å². The van der Waals surface area contributed by atoms with Crippen LogP contribution >= 0.6 is 0 Å². The minimum absolute atomic E-state index is 0.0431. The van der Waals surface area contributed by atoms with Crippen LogP contribution in [0, 0.1) is 23.0 Å². The number of halogens is 5. The van der Waals surface area contributed by atoms with Gasteiger partial charge in [-0.2, -0.15) is 18.4 Å². The second-order valence-electron chi connectivity index (χ2n) is 7.51. The maximum absolute atomic E-state index is 14.4. The first-order valence-electron chi connectivity index (χ1n) is 10.0. The zero-order valence-electron chi connectivity index (χ0n) is 17.3. The SMILES string of the molecule is N#CCCC(=O)N[C@](Cc1ccccc1)(c1ccc(F)cc1)c1cc(F)cc(C(F)(F)F)c1. The summed E-state index contributed by atoms with van der Waals surface area (Å²) in [4.78, 5) is 12.7. The van der Waals surface area contributed by atoms with Crippen LogP contribution in [0.2, 0.25) is 0 Å². The summed E-state index contributed by atoms with van der Waals surface area (Å²) in [5, 5.41) is 11.6. The van der Waals surface area contributed by atoms with Crippen molar-refractivity contribution in [2.75, 3.05) is 0 Å². The number of rotatable bonds is 7. The third-order valence-electron chi connectivity index (χ3n) is 5.18. The Bertz CT molecular complexity index is 1150. The summed E-state index contributed by atoms with van der Waals surface area (Å²) in [7, 11) is 0. The van der Waals surface area contributed by atoms with E-state index in [9.17, 15) is 26.7 Å². The summed E-state index contributed by atoms with van der Waals surface area (Å²) >= 11 is 0. The van der Waals surface area contributed by atoms with Crippen LogP contribution in [0.4, 0.5) is 22.0 Å². The van der Waals surface area contributed by atoms with Crippen LogP contribution in [0.15, 0.2) is 72.8 Å². The lowest BCUT2D eigenvalue weighted by atomic mass is 9.77. The van der Waals surface area contributed by atoms with Gasteiger partial charge in [0, 0.05) is 19.3 Å². The van der Waals surface area contributed by atoms with E-state index in [0.717, 1.165) is 24.3 Å². The molecular weight excluding hydrogens is 439 g/mol. The Labute approximate surface area is 187 Å². The van der Waals surface area contributed by atoms with Crippen molar-refractivity contribution >= 4 is 5.91 Å². The molecular formula is C25H19F5N2O.